The third-order valence-corrected chi connectivity index (χ3v) is 4.15. The summed E-state index contributed by atoms with van der Waals surface area (Å²) in [6.45, 7) is 1.99. The van der Waals surface area contributed by atoms with Crippen molar-refractivity contribution in [3.05, 3.63) is 60.4 Å². The molecule has 0 aliphatic carbocycles. The maximum atomic E-state index is 4.86. The van der Waals surface area contributed by atoms with Gasteiger partial charge in [-0.3, -0.25) is 9.97 Å². The Balaban J connectivity index is 2.15. The molecule has 3 heterocycles. The fourth-order valence-corrected chi connectivity index (χ4v) is 3.09. The molecule has 2 aromatic carbocycles. The monoisotopic (exact) mass is 296 g/mol. The molecule has 3 aromatic heterocycles. The number of pyridine rings is 2. The maximum absolute atomic E-state index is 4.86. The Hall–Kier alpha value is -3.14. The molecule has 0 amide bonds. The number of aryl methyl sites for hydroxylation is 1. The largest absolute Gasteiger partial charge is 0.254 e. The highest BCUT2D eigenvalue weighted by molar-refractivity contribution is 6.21. The van der Waals surface area contributed by atoms with E-state index in [4.69, 9.17) is 15.0 Å². The van der Waals surface area contributed by atoms with Gasteiger partial charge in [0.15, 0.2) is 0 Å². The molecule has 4 nitrogen and oxygen atoms in total. The van der Waals surface area contributed by atoms with Crippen molar-refractivity contribution in [2.24, 2.45) is 0 Å². The Morgan fingerprint density at radius 1 is 0.609 bits per heavy atom. The molecular formula is C19H12N4. The highest BCUT2D eigenvalue weighted by Crippen LogP contribution is 2.31. The summed E-state index contributed by atoms with van der Waals surface area (Å²) in [5.74, 6) is 0. The van der Waals surface area contributed by atoms with Gasteiger partial charge in [-0.1, -0.05) is 12.1 Å². The van der Waals surface area contributed by atoms with Crippen LogP contribution in [0.5, 0.6) is 0 Å². The molecule has 0 bridgehead atoms. The number of aromatic nitrogens is 4. The molecule has 0 atom stereocenters. The quantitative estimate of drug-likeness (QED) is 0.317. The van der Waals surface area contributed by atoms with Gasteiger partial charge >= 0.3 is 0 Å². The minimum atomic E-state index is 0.878. The van der Waals surface area contributed by atoms with Gasteiger partial charge in [0.2, 0.25) is 0 Å². The molecule has 4 heteroatoms. The van der Waals surface area contributed by atoms with Crippen molar-refractivity contribution in [3.8, 4) is 0 Å². The molecule has 0 saturated heterocycles. The van der Waals surface area contributed by atoms with Gasteiger partial charge in [-0.15, -0.1) is 0 Å². The molecule has 0 fully saturated rings. The molecule has 0 saturated carbocycles. The van der Waals surface area contributed by atoms with E-state index in [0.717, 1.165) is 49.6 Å². The summed E-state index contributed by atoms with van der Waals surface area (Å²) in [5, 5.41) is 1.99. The average Bonchev–Trinajstić information content (AvgIpc) is 2.60. The molecule has 0 aliphatic heterocycles. The first-order valence-corrected chi connectivity index (χ1v) is 7.52. The van der Waals surface area contributed by atoms with Crippen molar-refractivity contribution >= 4 is 43.9 Å². The van der Waals surface area contributed by atoms with Crippen molar-refractivity contribution in [1.82, 2.24) is 19.9 Å². The van der Waals surface area contributed by atoms with Crippen molar-refractivity contribution in [1.29, 1.82) is 0 Å². The van der Waals surface area contributed by atoms with E-state index >= 15 is 0 Å². The number of nitrogens with zero attached hydrogens (tertiary/aromatic N) is 4. The Morgan fingerprint density at radius 2 is 1.26 bits per heavy atom. The predicted molar refractivity (Wildman–Crippen MR) is 92.4 cm³/mol. The van der Waals surface area contributed by atoms with Gasteiger partial charge in [0, 0.05) is 22.7 Å². The van der Waals surface area contributed by atoms with E-state index in [0.29, 0.717) is 0 Å². The van der Waals surface area contributed by atoms with Crippen LogP contribution in [-0.4, -0.2) is 19.9 Å². The number of para-hydroxylation sites is 2. The van der Waals surface area contributed by atoms with E-state index in [1.54, 1.807) is 6.20 Å². The zero-order valence-electron chi connectivity index (χ0n) is 12.5. The smallest absolute Gasteiger partial charge is 0.0996 e. The first-order chi connectivity index (χ1) is 11.3. The van der Waals surface area contributed by atoms with Crippen LogP contribution in [0.2, 0.25) is 0 Å². The maximum Gasteiger partial charge on any atom is 0.0996 e. The first kappa shape index (κ1) is 12.4. The number of fused-ring (bicyclic) bond motifs is 7. The fourth-order valence-electron chi connectivity index (χ4n) is 3.09. The molecule has 0 N–H and O–H groups in total. The molecule has 23 heavy (non-hydrogen) atoms. The van der Waals surface area contributed by atoms with E-state index in [-0.39, 0.29) is 0 Å². The van der Waals surface area contributed by atoms with E-state index in [9.17, 15) is 0 Å². The lowest BCUT2D eigenvalue weighted by Crippen LogP contribution is -1.94. The first-order valence-electron chi connectivity index (χ1n) is 7.52. The highest BCUT2D eigenvalue weighted by Gasteiger charge is 2.13. The number of benzene rings is 2. The van der Waals surface area contributed by atoms with Gasteiger partial charge in [0.25, 0.3) is 0 Å². The lowest BCUT2D eigenvalue weighted by molar-refractivity contribution is 1.25. The number of hydrogen-bond acceptors (Lipinski definition) is 4. The van der Waals surface area contributed by atoms with E-state index in [2.05, 4.69) is 11.1 Å². The molecule has 5 rings (SSSR count). The Kier molecular flexibility index (Phi) is 2.39. The average molecular weight is 296 g/mol. The summed E-state index contributed by atoms with van der Waals surface area (Å²) in [7, 11) is 0. The lowest BCUT2D eigenvalue weighted by Gasteiger charge is -2.09. The minimum absolute atomic E-state index is 0.878. The van der Waals surface area contributed by atoms with E-state index in [1.165, 1.54) is 0 Å². The minimum Gasteiger partial charge on any atom is -0.254 e. The SMILES string of the molecule is Cc1ccc2c(n1)c1ncccc1c1nc3ccccc3nc21. The van der Waals surface area contributed by atoms with Crippen LogP contribution in [0.3, 0.4) is 0 Å². The van der Waals surface area contributed by atoms with Gasteiger partial charge in [-0.25, -0.2) is 9.97 Å². The fraction of sp³-hybridized carbons (Fsp3) is 0.0526. The zero-order valence-corrected chi connectivity index (χ0v) is 12.5. The van der Waals surface area contributed by atoms with Crippen LogP contribution >= 0.6 is 0 Å². The third kappa shape index (κ3) is 1.72. The molecule has 108 valence electrons. The number of hydrogen-bond donors (Lipinski definition) is 0. The van der Waals surface area contributed by atoms with Crippen LogP contribution in [0, 0.1) is 6.92 Å². The molecule has 5 aromatic rings. The summed E-state index contributed by atoms with van der Waals surface area (Å²) in [4.78, 5) is 19.0. The molecular weight excluding hydrogens is 284 g/mol. The third-order valence-electron chi connectivity index (χ3n) is 4.15. The van der Waals surface area contributed by atoms with Gasteiger partial charge < -0.3 is 0 Å². The summed E-state index contributed by atoms with van der Waals surface area (Å²) in [5.41, 5.74) is 6.28. The van der Waals surface area contributed by atoms with Crippen LogP contribution in [0.1, 0.15) is 5.69 Å². The van der Waals surface area contributed by atoms with Crippen molar-refractivity contribution in [3.63, 3.8) is 0 Å². The lowest BCUT2D eigenvalue weighted by atomic mass is 10.1. The van der Waals surface area contributed by atoms with Crippen LogP contribution in [0.25, 0.3) is 43.9 Å². The van der Waals surface area contributed by atoms with Crippen LogP contribution < -0.4 is 0 Å². The second-order valence-corrected chi connectivity index (χ2v) is 5.66. The van der Waals surface area contributed by atoms with Crippen molar-refractivity contribution in [2.75, 3.05) is 0 Å². The van der Waals surface area contributed by atoms with Gasteiger partial charge in [-0.2, -0.15) is 0 Å². The van der Waals surface area contributed by atoms with Gasteiger partial charge in [0.1, 0.15) is 0 Å². The predicted octanol–water partition coefficient (Wildman–Crippen LogP) is 4.19. The second-order valence-electron chi connectivity index (χ2n) is 5.66. The van der Waals surface area contributed by atoms with Crippen LogP contribution in [-0.2, 0) is 0 Å². The van der Waals surface area contributed by atoms with E-state index < -0.39 is 0 Å². The Bertz CT molecular complexity index is 1230. The topological polar surface area (TPSA) is 51.6 Å². The number of rotatable bonds is 0. The Labute approximate surface area is 131 Å². The Morgan fingerprint density at radius 3 is 2.00 bits per heavy atom. The van der Waals surface area contributed by atoms with Crippen LogP contribution in [0.15, 0.2) is 54.7 Å². The second kappa shape index (κ2) is 4.43. The highest BCUT2D eigenvalue weighted by atomic mass is 14.8. The normalized spacial score (nSPS) is 11.7. The van der Waals surface area contributed by atoms with Gasteiger partial charge in [-0.05, 0) is 43.3 Å². The van der Waals surface area contributed by atoms with Gasteiger partial charge in [0.05, 0.1) is 33.1 Å². The molecule has 0 unspecified atom stereocenters. The van der Waals surface area contributed by atoms with Crippen LogP contribution in [0.4, 0.5) is 0 Å². The zero-order chi connectivity index (χ0) is 15.4. The van der Waals surface area contributed by atoms with Crippen molar-refractivity contribution in [2.45, 2.75) is 6.92 Å². The summed E-state index contributed by atoms with van der Waals surface area (Å²) >= 11 is 0. The molecule has 0 radical (unpaired) electrons. The van der Waals surface area contributed by atoms with E-state index in [1.807, 2.05) is 49.4 Å². The molecule has 0 aliphatic rings. The summed E-state index contributed by atoms with van der Waals surface area (Å²) < 4.78 is 0. The standard InChI is InChI=1S/C19H12N4/c1-11-8-9-13-17(21-11)16-12(5-4-10-20-16)18-19(13)23-15-7-3-2-6-14(15)22-18/h2-10H,1H3. The summed E-state index contributed by atoms with van der Waals surface area (Å²) in [6, 6.07) is 16.0. The molecule has 0 spiro atoms. The van der Waals surface area contributed by atoms with Crippen molar-refractivity contribution < 1.29 is 0 Å². The summed E-state index contributed by atoms with van der Waals surface area (Å²) in [6.07, 6.45) is 1.80.